The summed E-state index contributed by atoms with van der Waals surface area (Å²) in [7, 11) is 1.69. The molecule has 0 spiro atoms. The summed E-state index contributed by atoms with van der Waals surface area (Å²) >= 11 is 0.815. The highest BCUT2D eigenvalue weighted by molar-refractivity contribution is 7.19. The minimum atomic E-state index is -0.944. The zero-order valence-electron chi connectivity index (χ0n) is 15.3. The fourth-order valence-corrected chi connectivity index (χ4v) is 4.17. The number of nitrogens with two attached hydrogens (primary N) is 1. The van der Waals surface area contributed by atoms with E-state index in [9.17, 15) is 18.0 Å². The highest BCUT2D eigenvalue weighted by atomic mass is 32.1. The number of amides is 1. The number of benzene rings is 1. The Labute approximate surface area is 168 Å². The zero-order chi connectivity index (χ0) is 20.7. The van der Waals surface area contributed by atoms with E-state index in [2.05, 4.69) is 15.4 Å². The van der Waals surface area contributed by atoms with Crippen molar-refractivity contribution in [1.29, 1.82) is 0 Å². The second kappa shape index (κ2) is 7.39. The van der Waals surface area contributed by atoms with Gasteiger partial charge in [-0.05, 0) is 18.6 Å². The first-order valence-corrected chi connectivity index (χ1v) is 9.60. The number of hydrogen-bond donors (Lipinski definition) is 2. The van der Waals surface area contributed by atoms with Gasteiger partial charge in [0.1, 0.15) is 33.5 Å². The van der Waals surface area contributed by atoms with Crippen LogP contribution in [-0.2, 0) is 7.05 Å². The third-order valence-electron chi connectivity index (χ3n) is 4.63. The minimum absolute atomic E-state index is 0.0237. The van der Waals surface area contributed by atoms with Gasteiger partial charge in [-0.2, -0.15) is 5.10 Å². The second-order valence-electron chi connectivity index (χ2n) is 6.62. The molecule has 1 fully saturated rings. The van der Waals surface area contributed by atoms with Crippen molar-refractivity contribution in [3.8, 4) is 10.6 Å². The number of nitrogens with one attached hydrogen (secondary N) is 1. The van der Waals surface area contributed by atoms with E-state index in [0.29, 0.717) is 24.5 Å². The Morgan fingerprint density at radius 2 is 2.07 bits per heavy atom. The third kappa shape index (κ3) is 3.53. The van der Waals surface area contributed by atoms with Crippen LogP contribution in [0.5, 0.6) is 0 Å². The van der Waals surface area contributed by atoms with E-state index >= 15 is 0 Å². The Hall–Kier alpha value is -3.08. The van der Waals surface area contributed by atoms with Crippen LogP contribution < -0.4 is 16.0 Å². The molecule has 1 aromatic carbocycles. The highest BCUT2D eigenvalue weighted by Gasteiger charge is 2.28. The van der Waals surface area contributed by atoms with Crippen molar-refractivity contribution in [2.24, 2.45) is 7.05 Å². The quantitative estimate of drug-likeness (QED) is 0.674. The van der Waals surface area contributed by atoms with E-state index in [1.54, 1.807) is 11.9 Å². The van der Waals surface area contributed by atoms with Crippen LogP contribution in [0.2, 0.25) is 0 Å². The van der Waals surface area contributed by atoms with Gasteiger partial charge in [0.2, 0.25) is 0 Å². The van der Waals surface area contributed by atoms with Crippen LogP contribution in [0.1, 0.15) is 16.9 Å². The SMILES string of the molecule is Cn1ncc(NC(=O)c2nc(-c3c(F)cccc3F)sc2N)c1N1CC[C@H](F)C1. The van der Waals surface area contributed by atoms with Gasteiger partial charge in [-0.1, -0.05) is 17.4 Å². The van der Waals surface area contributed by atoms with Crippen molar-refractivity contribution < 1.29 is 18.0 Å². The number of halogens is 3. The Kier molecular flexibility index (Phi) is 4.91. The molecule has 1 amide bonds. The second-order valence-corrected chi connectivity index (χ2v) is 7.65. The largest absolute Gasteiger partial charge is 0.389 e. The molecule has 3 N–H and O–H groups in total. The van der Waals surface area contributed by atoms with Gasteiger partial charge in [0.15, 0.2) is 11.5 Å². The summed E-state index contributed by atoms with van der Waals surface area (Å²) in [6, 6.07) is 3.45. The molecule has 2 aromatic heterocycles. The molecule has 0 aliphatic carbocycles. The number of hydrogen-bond acceptors (Lipinski definition) is 6. The van der Waals surface area contributed by atoms with Crippen LogP contribution in [0.25, 0.3) is 10.6 Å². The number of thiazole rings is 1. The molecular weight excluding hydrogens is 405 g/mol. The Balaban J connectivity index is 1.62. The average molecular weight is 422 g/mol. The van der Waals surface area contributed by atoms with Crippen molar-refractivity contribution in [2.45, 2.75) is 12.6 Å². The number of rotatable bonds is 4. The molecule has 7 nitrogen and oxygen atoms in total. The van der Waals surface area contributed by atoms with Crippen LogP contribution in [-0.4, -0.2) is 39.9 Å². The lowest BCUT2D eigenvalue weighted by atomic mass is 10.2. The number of carbonyl (C=O) groups is 1. The van der Waals surface area contributed by atoms with E-state index in [1.165, 1.54) is 16.9 Å². The zero-order valence-corrected chi connectivity index (χ0v) is 16.1. The van der Waals surface area contributed by atoms with Crippen LogP contribution >= 0.6 is 11.3 Å². The molecule has 1 aliphatic rings. The van der Waals surface area contributed by atoms with Gasteiger partial charge >= 0.3 is 0 Å². The molecule has 1 atom stereocenters. The first-order chi connectivity index (χ1) is 13.8. The molecule has 4 rings (SSSR count). The lowest BCUT2D eigenvalue weighted by Gasteiger charge is -2.19. The monoisotopic (exact) mass is 422 g/mol. The molecule has 152 valence electrons. The lowest BCUT2D eigenvalue weighted by Crippen LogP contribution is -2.24. The van der Waals surface area contributed by atoms with Gasteiger partial charge in [-0.15, -0.1) is 0 Å². The maximum absolute atomic E-state index is 14.0. The van der Waals surface area contributed by atoms with E-state index in [4.69, 9.17) is 5.73 Å². The summed E-state index contributed by atoms with van der Waals surface area (Å²) in [6.45, 7) is 0.705. The normalized spacial score (nSPS) is 16.4. The number of nitrogen functional groups attached to an aromatic ring is 1. The summed E-state index contributed by atoms with van der Waals surface area (Å²) in [5.41, 5.74) is 5.78. The van der Waals surface area contributed by atoms with Crippen molar-refractivity contribution in [2.75, 3.05) is 29.0 Å². The van der Waals surface area contributed by atoms with Gasteiger partial charge in [0.25, 0.3) is 5.91 Å². The van der Waals surface area contributed by atoms with E-state index in [1.807, 2.05) is 0 Å². The van der Waals surface area contributed by atoms with Gasteiger partial charge in [0.05, 0.1) is 18.3 Å². The van der Waals surface area contributed by atoms with Gasteiger partial charge in [0, 0.05) is 13.6 Å². The topological polar surface area (TPSA) is 89.1 Å². The predicted molar refractivity (Wildman–Crippen MR) is 105 cm³/mol. The summed E-state index contributed by atoms with van der Waals surface area (Å²) in [6.07, 6.45) is 0.898. The lowest BCUT2D eigenvalue weighted by molar-refractivity contribution is 0.102. The molecule has 1 saturated heterocycles. The summed E-state index contributed by atoms with van der Waals surface area (Å²) in [5.74, 6) is -1.68. The smallest absolute Gasteiger partial charge is 0.277 e. The maximum atomic E-state index is 14.0. The first kappa shape index (κ1) is 19.2. The Morgan fingerprint density at radius 1 is 1.34 bits per heavy atom. The van der Waals surface area contributed by atoms with E-state index < -0.39 is 23.7 Å². The molecule has 0 unspecified atom stereocenters. The number of aromatic nitrogens is 3. The third-order valence-corrected chi connectivity index (χ3v) is 5.53. The van der Waals surface area contributed by atoms with Crippen LogP contribution in [0.3, 0.4) is 0 Å². The highest BCUT2D eigenvalue weighted by Crippen LogP contribution is 2.34. The standard InChI is InChI=1S/C18H17F3N6OS/c1-26-18(27-6-5-9(19)8-27)12(7-23-26)24-16(28)14-15(22)29-17(25-14)13-10(20)3-2-4-11(13)21/h2-4,7,9H,5-6,8,22H2,1H3,(H,24,28)/t9-/m0/s1. The van der Waals surface area contributed by atoms with Crippen molar-refractivity contribution in [3.63, 3.8) is 0 Å². The summed E-state index contributed by atoms with van der Waals surface area (Å²) < 4.78 is 43.2. The van der Waals surface area contributed by atoms with Gasteiger partial charge < -0.3 is 16.0 Å². The van der Waals surface area contributed by atoms with Crippen molar-refractivity contribution >= 4 is 33.8 Å². The molecule has 3 aromatic rings. The number of anilines is 3. The average Bonchev–Trinajstić information content (AvgIpc) is 3.34. The summed E-state index contributed by atoms with van der Waals surface area (Å²) in [4.78, 5) is 18.6. The number of carbonyl (C=O) groups excluding carboxylic acids is 1. The fraction of sp³-hybridized carbons (Fsp3) is 0.278. The summed E-state index contributed by atoms with van der Waals surface area (Å²) in [5, 5.41) is 6.78. The molecule has 3 heterocycles. The Morgan fingerprint density at radius 3 is 2.72 bits per heavy atom. The van der Waals surface area contributed by atoms with Gasteiger partial charge in [-0.25, -0.2) is 18.2 Å². The molecule has 0 saturated carbocycles. The minimum Gasteiger partial charge on any atom is -0.389 e. The Bertz CT molecular complexity index is 1060. The van der Waals surface area contributed by atoms with E-state index in [-0.39, 0.29) is 27.8 Å². The molecule has 11 heteroatoms. The molecule has 29 heavy (non-hydrogen) atoms. The first-order valence-electron chi connectivity index (χ1n) is 8.78. The fourth-order valence-electron chi connectivity index (χ4n) is 3.29. The predicted octanol–water partition coefficient (Wildman–Crippen LogP) is 3.20. The maximum Gasteiger partial charge on any atom is 0.277 e. The number of alkyl halides is 1. The number of nitrogens with zero attached hydrogens (tertiary/aromatic N) is 4. The molecule has 0 radical (unpaired) electrons. The van der Waals surface area contributed by atoms with Crippen molar-refractivity contribution in [3.05, 3.63) is 41.7 Å². The molecule has 1 aliphatic heterocycles. The molecule has 0 bridgehead atoms. The van der Waals surface area contributed by atoms with Crippen LogP contribution in [0.15, 0.2) is 24.4 Å². The van der Waals surface area contributed by atoms with Crippen molar-refractivity contribution in [1.82, 2.24) is 14.8 Å². The molecular formula is C18H17F3N6OS. The number of aryl methyl sites for hydroxylation is 1. The van der Waals surface area contributed by atoms with Crippen LogP contribution in [0, 0.1) is 11.6 Å². The van der Waals surface area contributed by atoms with Crippen LogP contribution in [0.4, 0.5) is 29.7 Å². The van der Waals surface area contributed by atoms with Gasteiger partial charge in [-0.3, -0.25) is 9.48 Å². The van der Waals surface area contributed by atoms with E-state index in [0.717, 1.165) is 23.5 Å².